The van der Waals surface area contributed by atoms with Crippen LogP contribution in [-0.4, -0.2) is 40.8 Å². The van der Waals surface area contributed by atoms with Crippen molar-refractivity contribution in [2.24, 2.45) is 0 Å². The Bertz CT molecular complexity index is 585. The average Bonchev–Trinajstić information content (AvgIpc) is 2.44. The third-order valence-corrected chi connectivity index (χ3v) is 4.02. The number of carbonyl (C=O) groups is 1. The van der Waals surface area contributed by atoms with E-state index in [1.807, 2.05) is 6.92 Å². The van der Waals surface area contributed by atoms with Crippen molar-refractivity contribution in [1.29, 1.82) is 0 Å². The van der Waals surface area contributed by atoms with Gasteiger partial charge in [-0.1, -0.05) is 13.3 Å². The predicted octanol–water partition coefficient (Wildman–Crippen LogP) is 1.43. The van der Waals surface area contributed by atoms with Crippen molar-refractivity contribution in [3.05, 3.63) is 18.2 Å². The van der Waals surface area contributed by atoms with Crippen molar-refractivity contribution in [2.75, 3.05) is 31.8 Å². The van der Waals surface area contributed by atoms with Crippen molar-refractivity contribution in [2.45, 2.75) is 24.7 Å². The zero-order valence-electron chi connectivity index (χ0n) is 12.6. The second-order valence-electron chi connectivity index (χ2n) is 4.69. The van der Waals surface area contributed by atoms with Crippen molar-refractivity contribution in [3.63, 3.8) is 0 Å². The lowest BCUT2D eigenvalue weighted by Gasteiger charge is -2.12. The van der Waals surface area contributed by atoms with Gasteiger partial charge in [-0.3, -0.25) is 4.79 Å². The van der Waals surface area contributed by atoms with E-state index in [2.05, 4.69) is 10.6 Å². The van der Waals surface area contributed by atoms with Gasteiger partial charge in [0.2, 0.25) is 5.91 Å². The van der Waals surface area contributed by atoms with E-state index in [4.69, 9.17) is 4.74 Å². The highest BCUT2D eigenvalue weighted by atomic mass is 32.2. The smallest absolute Gasteiger partial charge is 0.239 e. The molecule has 0 aliphatic heterocycles. The van der Waals surface area contributed by atoms with Gasteiger partial charge in [-0.2, -0.15) is 0 Å². The van der Waals surface area contributed by atoms with Gasteiger partial charge in [0.1, 0.15) is 5.75 Å². The fourth-order valence-electron chi connectivity index (χ4n) is 1.73. The lowest BCUT2D eigenvalue weighted by molar-refractivity contribution is -0.119. The van der Waals surface area contributed by atoms with Crippen LogP contribution in [-0.2, 0) is 14.6 Å². The molecule has 1 rings (SSSR count). The maximum Gasteiger partial charge on any atom is 0.239 e. The van der Waals surface area contributed by atoms with Gasteiger partial charge in [0.15, 0.2) is 9.84 Å². The fourth-order valence-corrected chi connectivity index (χ4v) is 2.59. The highest BCUT2D eigenvalue weighted by Gasteiger charge is 2.15. The molecule has 1 aromatic carbocycles. The molecule has 6 nitrogen and oxygen atoms in total. The molecule has 0 unspecified atom stereocenters. The largest absolute Gasteiger partial charge is 0.497 e. The first-order valence-corrected chi connectivity index (χ1v) is 8.66. The van der Waals surface area contributed by atoms with Gasteiger partial charge in [0, 0.05) is 18.9 Å². The number of sulfone groups is 1. The first-order valence-electron chi connectivity index (χ1n) is 6.77. The van der Waals surface area contributed by atoms with Crippen LogP contribution in [0.2, 0.25) is 0 Å². The molecule has 0 aromatic heterocycles. The Balaban J connectivity index is 2.77. The summed E-state index contributed by atoms with van der Waals surface area (Å²) >= 11 is 0. The molecule has 2 N–H and O–H groups in total. The summed E-state index contributed by atoms with van der Waals surface area (Å²) in [5.74, 6) is 0.284. The summed E-state index contributed by atoms with van der Waals surface area (Å²) in [7, 11) is -1.94. The number of nitrogens with one attached hydrogen (secondary N) is 2. The van der Waals surface area contributed by atoms with E-state index in [0.717, 1.165) is 19.1 Å². The number of rotatable bonds is 8. The topological polar surface area (TPSA) is 84.5 Å². The molecule has 118 valence electrons. The summed E-state index contributed by atoms with van der Waals surface area (Å²) in [6.07, 6.45) is 3.04. The Morgan fingerprint density at radius 3 is 2.62 bits per heavy atom. The van der Waals surface area contributed by atoms with Crippen molar-refractivity contribution in [3.8, 4) is 5.75 Å². The van der Waals surface area contributed by atoms with Crippen molar-refractivity contribution in [1.82, 2.24) is 5.32 Å². The van der Waals surface area contributed by atoms with E-state index in [-0.39, 0.29) is 17.3 Å². The lowest BCUT2D eigenvalue weighted by Crippen LogP contribution is -2.30. The molecule has 0 heterocycles. The predicted molar refractivity (Wildman–Crippen MR) is 82.5 cm³/mol. The fraction of sp³-hybridized carbons (Fsp3) is 0.500. The molecule has 0 atom stereocenters. The minimum atomic E-state index is -3.41. The average molecular weight is 314 g/mol. The maximum absolute atomic E-state index is 11.8. The molecule has 7 heteroatoms. The lowest BCUT2D eigenvalue weighted by atomic mass is 10.3. The third kappa shape index (κ3) is 5.63. The van der Waals surface area contributed by atoms with Crippen LogP contribution >= 0.6 is 0 Å². The molecule has 0 aliphatic carbocycles. The summed E-state index contributed by atoms with van der Waals surface area (Å²) in [5, 5.41) is 5.61. The molecule has 0 fully saturated rings. The quantitative estimate of drug-likeness (QED) is 0.709. The van der Waals surface area contributed by atoms with Gasteiger partial charge in [-0.05, 0) is 18.6 Å². The Morgan fingerprint density at radius 1 is 1.33 bits per heavy atom. The van der Waals surface area contributed by atoms with Crippen LogP contribution in [0.3, 0.4) is 0 Å². The Kier molecular flexibility index (Phi) is 6.48. The summed E-state index contributed by atoms with van der Waals surface area (Å²) in [4.78, 5) is 11.7. The van der Waals surface area contributed by atoms with Gasteiger partial charge in [-0.15, -0.1) is 0 Å². The van der Waals surface area contributed by atoms with Crippen LogP contribution in [0.4, 0.5) is 5.69 Å². The number of methoxy groups -OCH3 is 1. The molecule has 0 saturated carbocycles. The molecule has 0 spiro atoms. The van der Waals surface area contributed by atoms with Crippen LogP contribution < -0.4 is 15.4 Å². The molecule has 21 heavy (non-hydrogen) atoms. The van der Waals surface area contributed by atoms with Crippen LogP contribution in [0, 0.1) is 0 Å². The monoisotopic (exact) mass is 314 g/mol. The molecule has 1 amide bonds. The number of benzene rings is 1. The Morgan fingerprint density at radius 2 is 2.05 bits per heavy atom. The van der Waals surface area contributed by atoms with Gasteiger partial charge in [-0.25, -0.2) is 8.42 Å². The number of unbranched alkanes of at least 4 members (excludes halogenated alkanes) is 1. The van der Waals surface area contributed by atoms with E-state index in [1.54, 1.807) is 12.1 Å². The standard InChI is InChI=1S/C14H22N2O4S/c1-4-5-8-15-14(17)10-16-12-7-6-11(20-2)9-13(12)21(3,18)19/h6-7,9,16H,4-5,8,10H2,1-3H3,(H,15,17). The van der Waals surface area contributed by atoms with Gasteiger partial charge in [0.05, 0.1) is 24.2 Å². The summed E-state index contributed by atoms with van der Waals surface area (Å²) in [5.41, 5.74) is 0.393. The number of hydrogen-bond donors (Lipinski definition) is 2. The molecular weight excluding hydrogens is 292 g/mol. The van der Waals surface area contributed by atoms with E-state index in [9.17, 15) is 13.2 Å². The van der Waals surface area contributed by atoms with Crippen molar-refractivity contribution >= 4 is 21.4 Å². The Hall–Kier alpha value is -1.76. The number of anilines is 1. The normalized spacial score (nSPS) is 11.0. The number of amides is 1. The van der Waals surface area contributed by atoms with E-state index < -0.39 is 9.84 Å². The summed E-state index contributed by atoms with van der Waals surface area (Å²) in [6, 6.07) is 4.67. The second kappa shape index (κ2) is 7.87. The molecular formula is C14H22N2O4S. The number of hydrogen-bond acceptors (Lipinski definition) is 5. The summed E-state index contributed by atoms with van der Waals surface area (Å²) in [6.45, 7) is 2.69. The van der Waals surface area contributed by atoms with E-state index in [1.165, 1.54) is 13.2 Å². The number of carbonyl (C=O) groups excluding carboxylic acids is 1. The summed E-state index contributed by atoms with van der Waals surface area (Å²) < 4.78 is 28.6. The van der Waals surface area contributed by atoms with Gasteiger partial charge < -0.3 is 15.4 Å². The highest BCUT2D eigenvalue weighted by Crippen LogP contribution is 2.26. The van der Waals surface area contributed by atoms with Crippen molar-refractivity contribution < 1.29 is 17.9 Å². The van der Waals surface area contributed by atoms with Gasteiger partial charge in [0.25, 0.3) is 0 Å². The second-order valence-corrected chi connectivity index (χ2v) is 6.68. The minimum Gasteiger partial charge on any atom is -0.497 e. The minimum absolute atomic E-state index is 0.0264. The van der Waals surface area contributed by atoms with Crippen LogP contribution in [0.15, 0.2) is 23.1 Å². The van der Waals surface area contributed by atoms with Crippen LogP contribution in [0.25, 0.3) is 0 Å². The van der Waals surface area contributed by atoms with Crippen LogP contribution in [0.5, 0.6) is 5.75 Å². The van der Waals surface area contributed by atoms with E-state index in [0.29, 0.717) is 18.0 Å². The van der Waals surface area contributed by atoms with E-state index >= 15 is 0 Å². The molecule has 0 saturated heterocycles. The van der Waals surface area contributed by atoms with Gasteiger partial charge >= 0.3 is 0 Å². The molecule has 0 bridgehead atoms. The Labute approximate surface area is 125 Å². The number of ether oxygens (including phenoxy) is 1. The maximum atomic E-state index is 11.8. The highest BCUT2D eigenvalue weighted by molar-refractivity contribution is 7.90. The third-order valence-electron chi connectivity index (χ3n) is 2.88. The van der Waals surface area contributed by atoms with Crippen LogP contribution in [0.1, 0.15) is 19.8 Å². The molecule has 0 radical (unpaired) electrons. The molecule has 1 aromatic rings. The molecule has 0 aliphatic rings. The SMILES string of the molecule is CCCCNC(=O)CNc1ccc(OC)cc1S(C)(=O)=O. The zero-order chi connectivity index (χ0) is 15.9. The first kappa shape index (κ1) is 17.3. The zero-order valence-corrected chi connectivity index (χ0v) is 13.4. The first-order chi connectivity index (χ1) is 9.88.